The summed E-state index contributed by atoms with van der Waals surface area (Å²) in [6.07, 6.45) is 6.46. The van der Waals surface area contributed by atoms with Gasteiger partial charge >= 0.3 is 0 Å². The Morgan fingerprint density at radius 2 is 1.81 bits per heavy atom. The number of rotatable bonds is 10. The van der Waals surface area contributed by atoms with E-state index >= 15 is 0 Å². The Labute approximate surface area is 156 Å². The number of piperidine rings is 1. The SMILES string of the molecule is O=C(CCNS(=O)(=O)/C=C/c1ccccc1)NCCCN1CCCCC1. The minimum absolute atomic E-state index is 0.0966. The van der Waals surface area contributed by atoms with Crippen molar-refractivity contribution in [2.24, 2.45) is 0 Å². The number of carbonyl (C=O) groups excluding carboxylic acids is 1. The number of nitrogens with one attached hydrogen (secondary N) is 2. The third-order valence-electron chi connectivity index (χ3n) is 4.32. The van der Waals surface area contributed by atoms with Gasteiger partial charge in [0.05, 0.1) is 0 Å². The number of nitrogens with zero attached hydrogens (tertiary/aromatic N) is 1. The predicted molar refractivity (Wildman–Crippen MR) is 105 cm³/mol. The molecular formula is C19H29N3O3S. The van der Waals surface area contributed by atoms with Gasteiger partial charge in [-0.2, -0.15) is 0 Å². The van der Waals surface area contributed by atoms with Crippen LogP contribution in [0.5, 0.6) is 0 Å². The van der Waals surface area contributed by atoms with Gasteiger partial charge in [0.15, 0.2) is 0 Å². The second-order valence-corrected chi connectivity index (χ2v) is 8.16. The summed E-state index contributed by atoms with van der Waals surface area (Å²) in [5, 5.41) is 3.97. The van der Waals surface area contributed by atoms with Gasteiger partial charge in [0.25, 0.3) is 0 Å². The Hall–Kier alpha value is -1.70. The lowest BCUT2D eigenvalue weighted by Gasteiger charge is -2.26. The Kier molecular flexibility index (Phi) is 8.80. The first-order chi connectivity index (χ1) is 12.6. The van der Waals surface area contributed by atoms with E-state index in [9.17, 15) is 13.2 Å². The zero-order valence-corrected chi connectivity index (χ0v) is 16.0. The summed E-state index contributed by atoms with van der Waals surface area (Å²) < 4.78 is 26.2. The van der Waals surface area contributed by atoms with Gasteiger partial charge in [-0.05, 0) is 50.5 Å². The molecule has 1 saturated heterocycles. The minimum Gasteiger partial charge on any atom is -0.356 e. The van der Waals surface area contributed by atoms with Crippen molar-refractivity contribution in [2.45, 2.75) is 32.1 Å². The maximum atomic E-state index is 11.9. The van der Waals surface area contributed by atoms with E-state index in [1.807, 2.05) is 30.3 Å². The van der Waals surface area contributed by atoms with Gasteiger partial charge in [0, 0.05) is 24.9 Å². The van der Waals surface area contributed by atoms with Crippen molar-refractivity contribution < 1.29 is 13.2 Å². The molecule has 1 aromatic carbocycles. The first-order valence-corrected chi connectivity index (χ1v) is 10.8. The molecule has 0 aromatic heterocycles. The van der Waals surface area contributed by atoms with Gasteiger partial charge < -0.3 is 10.2 Å². The molecule has 1 aromatic rings. The van der Waals surface area contributed by atoms with Crippen LogP contribution in [-0.2, 0) is 14.8 Å². The molecule has 6 nitrogen and oxygen atoms in total. The molecule has 2 rings (SSSR count). The lowest BCUT2D eigenvalue weighted by atomic mass is 10.1. The number of benzene rings is 1. The summed E-state index contributed by atoms with van der Waals surface area (Å²) >= 11 is 0. The molecule has 26 heavy (non-hydrogen) atoms. The van der Waals surface area contributed by atoms with Gasteiger partial charge in [-0.25, -0.2) is 13.1 Å². The molecule has 0 radical (unpaired) electrons. The molecule has 1 amide bonds. The van der Waals surface area contributed by atoms with Gasteiger partial charge in [-0.1, -0.05) is 36.8 Å². The lowest BCUT2D eigenvalue weighted by Crippen LogP contribution is -2.34. The van der Waals surface area contributed by atoms with Crippen LogP contribution in [-0.4, -0.2) is 51.9 Å². The van der Waals surface area contributed by atoms with E-state index in [0.717, 1.165) is 37.0 Å². The van der Waals surface area contributed by atoms with E-state index in [1.165, 1.54) is 25.3 Å². The summed E-state index contributed by atoms with van der Waals surface area (Å²) in [6.45, 7) is 4.06. The second-order valence-electron chi connectivity index (χ2n) is 6.51. The topological polar surface area (TPSA) is 78.5 Å². The molecule has 0 unspecified atom stereocenters. The number of carbonyl (C=O) groups is 1. The highest BCUT2D eigenvalue weighted by Crippen LogP contribution is 2.08. The van der Waals surface area contributed by atoms with Crippen LogP contribution < -0.4 is 10.0 Å². The van der Waals surface area contributed by atoms with E-state index in [1.54, 1.807) is 0 Å². The van der Waals surface area contributed by atoms with E-state index in [4.69, 9.17) is 0 Å². The number of likely N-dealkylation sites (tertiary alicyclic amines) is 1. The Morgan fingerprint density at radius 3 is 2.54 bits per heavy atom. The van der Waals surface area contributed by atoms with Crippen molar-refractivity contribution in [3.8, 4) is 0 Å². The number of amides is 1. The Balaban J connectivity index is 1.57. The molecular weight excluding hydrogens is 350 g/mol. The van der Waals surface area contributed by atoms with Crippen LogP contribution >= 0.6 is 0 Å². The summed E-state index contributed by atoms with van der Waals surface area (Å²) in [6, 6.07) is 9.20. The second kappa shape index (κ2) is 11.1. The molecule has 1 aliphatic heterocycles. The molecule has 0 saturated carbocycles. The van der Waals surface area contributed by atoms with Crippen LogP contribution in [0, 0.1) is 0 Å². The third kappa shape index (κ3) is 8.60. The van der Waals surface area contributed by atoms with E-state index < -0.39 is 10.0 Å². The molecule has 0 bridgehead atoms. The fourth-order valence-corrected chi connectivity index (χ4v) is 3.71. The van der Waals surface area contributed by atoms with E-state index in [2.05, 4.69) is 14.9 Å². The predicted octanol–water partition coefficient (Wildman–Crippen LogP) is 1.96. The van der Waals surface area contributed by atoms with Crippen molar-refractivity contribution >= 4 is 22.0 Å². The van der Waals surface area contributed by atoms with Gasteiger partial charge in [-0.15, -0.1) is 0 Å². The molecule has 2 N–H and O–H groups in total. The van der Waals surface area contributed by atoms with Gasteiger partial charge in [-0.3, -0.25) is 4.79 Å². The molecule has 144 valence electrons. The van der Waals surface area contributed by atoms with Gasteiger partial charge in [0.1, 0.15) is 0 Å². The molecule has 1 fully saturated rings. The van der Waals surface area contributed by atoms with Crippen molar-refractivity contribution in [1.29, 1.82) is 0 Å². The highest BCUT2D eigenvalue weighted by Gasteiger charge is 2.10. The monoisotopic (exact) mass is 379 g/mol. The van der Waals surface area contributed by atoms with Crippen LogP contribution in [0.4, 0.5) is 0 Å². The zero-order valence-electron chi connectivity index (χ0n) is 15.2. The number of hydrogen-bond donors (Lipinski definition) is 2. The largest absolute Gasteiger partial charge is 0.356 e. The standard InChI is InChI=1S/C19H29N3O3S/c23-19(20-12-7-16-22-14-5-2-6-15-22)10-13-21-26(24,25)17-11-18-8-3-1-4-9-18/h1,3-4,8-9,11,17,21H,2,5-7,10,12-16H2,(H,20,23)/b17-11+. The van der Waals surface area contributed by atoms with Crippen LogP contribution in [0.2, 0.25) is 0 Å². The average Bonchev–Trinajstić information content (AvgIpc) is 2.65. The first-order valence-electron chi connectivity index (χ1n) is 9.27. The highest BCUT2D eigenvalue weighted by molar-refractivity contribution is 7.92. The Bertz CT molecular complexity index is 669. The summed E-state index contributed by atoms with van der Waals surface area (Å²) in [4.78, 5) is 14.2. The fourth-order valence-electron chi connectivity index (χ4n) is 2.89. The lowest BCUT2D eigenvalue weighted by molar-refractivity contribution is -0.120. The smallest absolute Gasteiger partial charge is 0.233 e. The quantitative estimate of drug-likeness (QED) is 0.609. The molecule has 1 aliphatic rings. The molecule has 0 atom stereocenters. The summed E-state index contributed by atoms with van der Waals surface area (Å²) in [7, 11) is -3.53. The molecule has 0 aliphatic carbocycles. The molecule has 7 heteroatoms. The van der Waals surface area contributed by atoms with E-state index in [-0.39, 0.29) is 18.9 Å². The van der Waals surface area contributed by atoms with Crippen molar-refractivity contribution in [1.82, 2.24) is 14.9 Å². The van der Waals surface area contributed by atoms with E-state index in [0.29, 0.717) is 6.54 Å². The molecule has 1 heterocycles. The number of hydrogen-bond acceptors (Lipinski definition) is 4. The minimum atomic E-state index is -3.53. The summed E-state index contributed by atoms with van der Waals surface area (Å²) in [5.41, 5.74) is 0.810. The van der Waals surface area contributed by atoms with Crippen molar-refractivity contribution in [2.75, 3.05) is 32.7 Å². The fraction of sp³-hybridized carbons (Fsp3) is 0.526. The number of sulfonamides is 1. The van der Waals surface area contributed by atoms with Crippen LogP contribution in [0.1, 0.15) is 37.7 Å². The maximum Gasteiger partial charge on any atom is 0.233 e. The third-order valence-corrected chi connectivity index (χ3v) is 5.42. The van der Waals surface area contributed by atoms with Crippen LogP contribution in [0.25, 0.3) is 6.08 Å². The van der Waals surface area contributed by atoms with Crippen molar-refractivity contribution in [3.63, 3.8) is 0 Å². The summed E-state index contributed by atoms with van der Waals surface area (Å²) in [5.74, 6) is -0.126. The first kappa shape index (κ1) is 20.6. The highest BCUT2D eigenvalue weighted by atomic mass is 32.2. The normalized spacial score (nSPS) is 16.0. The zero-order chi connectivity index (χ0) is 18.7. The van der Waals surface area contributed by atoms with Gasteiger partial charge in [0.2, 0.25) is 15.9 Å². The molecule has 0 spiro atoms. The van der Waals surface area contributed by atoms with Crippen molar-refractivity contribution in [3.05, 3.63) is 41.3 Å². The average molecular weight is 380 g/mol. The van der Waals surface area contributed by atoms with Crippen LogP contribution in [0.15, 0.2) is 35.7 Å². The maximum absolute atomic E-state index is 11.9. The van der Waals surface area contributed by atoms with Crippen LogP contribution in [0.3, 0.4) is 0 Å². The Morgan fingerprint density at radius 1 is 1.08 bits per heavy atom.